The van der Waals surface area contributed by atoms with Crippen molar-refractivity contribution in [2.24, 2.45) is 17.8 Å². The van der Waals surface area contributed by atoms with E-state index in [-0.39, 0.29) is 48.0 Å². The number of ether oxygens (including phenoxy) is 2. The van der Waals surface area contributed by atoms with E-state index in [1.165, 1.54) is 25.7 Å². The maximum Gasteiger partial charge on any atom is 0.256 e. The first-order valence-corrected chi connectivity index (χ1v) is 19.5. The molecule has 2 N–H and O–H groups in total. The first kappa shape index (κ1) is 33.5. The molecule has 0 bridgehead atoms. The minimum atomic E-state index is -1.21. The van der Waals surface area contributed by atoms with Crippen molar-refractivity contribution >= 4 is 11.7 Å². The third-order valence-electron chi connectivity index (χ3n) is 13.8. The summed E-state index contributed by atoms with van der Waals surface area (Å²) >= 11 is 0. The Bertz CT molecular complexity index is 1210. The molecule has 12 unspecified atom stereocenters. The zero-order valence-corrected chi connectivity index (χ0v) is 29.2. The van der Waals surface area contributed by atoms with Gasteiger partial charge in [0.1, 0.15) is 6.17 Å². The minimum absolute atomic E-state index is 0.0206. The number of nitrogens with zero attached hydrogens (tertiary/aromatic N) is 4. The fourth-order valence-corrected chi connectivity index (χ4v) is 11.1. The summed E-state index contributed by atoms with van der Waals surface area (Å²) < 4.78 is 30.1. The highest BCUT2D eigenvalue weighted by molar-refractivity contribution is 6.20. The number of likely N-dealkylation sites (N-methyl/N-ethyl adjacent to an activating group) is 1. The molecule has 8 rings (SSSR count). The molecule has 1 amide bonds. The van der Waals surface area contributed by atoms with E-state index in [0.29, 0.717) is 30.5 Å². The molecule has 0 aromatic rings. The number of carbonyl (C=O) groups is 2. The number of hydrogen-bond donors (Lipinski definition) is 2. The van der Waals surface area contributed by atoms with E-state index < -0.39 is 24.2 Å². The molecule has 8 aliphatic rings. The van der Waals surface area contributed by atoms with Gasteiger partial charge in [0.25, 0.3) is 5.91 Å². The number of rotatable bonds is 9. The number of alkyl halides is 1. The monoisotopic (exact) mass is 670 g/mol. The molecular formula is C37H59FN6O4. The Labute approximate surface area is 286 Å². The van der Waals surface area contributed by atoms with Gasteiger partial charge in [-0.1, -0.05) is 12.8 Å². The van der Waals surface area contributed by atoms with Gasteiger partial charge in [-0.15, -0.1) is 0 Å². The molecule has 0 aromatic carbocycles. The van der Waals surface area contributed by atoms with Crippen molar-refractivity contribution < 1.29 is 23.5 Å². The van der Waals surface area contributed by atoms with Crippen LogP contribution in [0.15, 0.2) is 11.8 Å². The van der Waals surface area contributed by atoms with E-state index in [2.05, 4.69) is 44.3 Å². The second-order valence-electron chi connectivity index (χ2n) is 16.5. The summed E-state index contributed by atoms with van der Waals surface area (Å²) in [4.78, 5) is 37.3. The molecule has 7 fully saturated rings. The number of carbonyl (C=O) groups excluding carboxylic acids is 2. The maximum atomic E-state index is 16.3. The Morgan fingerprint density at radius 1 is 0.917 bits per heavy atom. The number of piperazine rings is 1. The van der Waals surface area contributed by atoms with Gasteiger partial charge in [0.05, 0.1) is 48.1 Å². The van der Waals surface area contributed by atoms with Crippen LogP contribution in [0.3, 0.4) is 0 Å². The lowest BCUT2D eigenvalue weighted by molar-refractivity contribution is -0.209. The van der Waals surface area contributed by atoms with Crippen molar-refractivity contribution in [3.8, 4) is 0 Å². The third kappa shape index (κ3) is 6.38. The number of nitrogens with one attached hydrogen (secondary N) is 2. The predicted octanol–water partition coefficient (Wildman–Crippen LogP) is 2.18. The minimum Gasteiger partial charge on any atom is -0.374 e. The van der Waals surface area contributed by atoms with Gasteiger partial charge in [0.15, 0.2) is 5.78 Å². The smallest absolute Gasteiger partial charge is 0.256 e. The van der Waals surface area contributed by atoms with Crippen LogP contribution in [-0.4, -0.2) is 152 Å². The average Bonchev–Trinajstić information content (AvgIpc) is 3.67. The number of fused-ring (bicyclic) bond motifs is 5. The van der Waals surface area contributed by atoms with Crippen molar-refractivity contribution in [2.45, 2.75) is 125 Å². The van der Waals surface area contributed by atoms with Crippen molar-refractivity contribution in [2.75, 3.05) is 66.5 Å². The standard InChI is InChI=1S/C37H59FN6O4/c1-41-15-17-43(18-16-41)14-6-11-39-33-28(38)19-26-34-36(33)48-32-20-25-24-8-3-4-9-30(24)47-31(25)21-29(32)44(34)22-27(35(26)45)37(46)40-12-10-23-7-5-13-42(23)2/h22-26,28-34,36,39H,3-21H2,1-2H3,(H,40,46). The van der Waals surface area contributed by atoms with Gasteiger partial charge in [-0.05, 0) is 103 Å². The molecule has 0 radical (unpaired) electrons. The molecule has 4 saturated heterocycles. The molecule has 11 heteroatoms. The SMILES string of the molecule is CN1CCN(CCCNC2C(F)CC3C(=O)C(C(=O)NCCC4CCCN4C)=CN4C5CC6OC7CCCCC7C6CC5OC2C34)CC1. The Morgan fingerprint density at radius 2 is 1.75 bits per heavy atom. The van der Waals surface area contributed by atoms with Crippen LogP contribution < -0.4 is 10.6 Å². The van der Waals surface area contributed by atoms with Crippen molar-refractivity contribution in [3.63, 3.8) is 0 Å². The van der Waals surface area contributed by atoms with E-state index in [1.807, 2.05) is 6.20 Å². The normalized spacial score (nSPS) is 43.3. The third-order valence-corrected chi connectivity index (χ3v) is 13.8. The predicted molar refractivity (Wildman–Crippen MR) is 181 cm³/mol. The zero-order chi connectivity index (χ0) is 32.9. The zero-order valence-electron chi connectivity index (χ0n) is 29.2. The van der Waals surface area contributed by atoms with E-state index >= 15 is 4.39 Å². The molecule has 5 aliphatic heterocycles. The number of ketones is 1. The van der Waals surface area contributed by atoms with Gasteiger partial charge in [-0.2, -0.15) is 0 Å². The molecule has 5 heterocycles. The first-order chi connectivity index (χ1) is 23.4. The highest BCUT2D eigenvalue weighted by Gasteiger charge is 2.61. The number of Topliss-reactive ketones (excluding diaryl/α,β-unsaturated/α-hetero) is 1. The summed E-state index contributed by atoms with van der Waals surface area (Å²) in [5, 5.41) is 6.67. The summed E-state index contributed by atoms with van der Waals surface area (Å²) in [6.45, 7) is 7.69. The Kier molecular flexibility index (Phi) is 9.90. The van der Waals surface area contributed by atoms with Crippen LogP contribution in [0.2, 0.25) is 0 Å². The second-order valence-corrected chi connectivity index (χ2v) is 16.5. The van der Waals surface area contributed by atoms with Crippen LogP contribution >= 0.6 is 0 Å². The molecule has 0 spiro atoms. The van der Waals surface area contributed by atoms with Crippen molar-refractivity contribution in [1.82, 2.24) is 30.2 Å². The molecule has 268 valence electrons. The van der Waals surface area contributed by atoms with E-state index in [1.54, 1.807) is 0 Å². The van der Waals surface area contributed by atoms with Crippen LogP contribution in [0, 0.1) is 17.8 Å². The van der Waals surface area contributed by atoms with Gasteiger partial charge in [-0.3, -0.25) is 9.59 Å². The summed E-state index contributed by atoms with van der Waals surface area (Å²) in [6, 6.07) is -0.257. The quantitative estimate of drug-likeness (QED) is 0.283. The van der Waals surface area contributed by atoms with Crippen LogP contribution in [0.1, 0.15) is 70.6 Å². The number of hydrogen-bond acceptors (Lipinski definition) is 9. The van der Waals surface area contributed by atoms with Crippen LogP contribution in [0.5, 0.6) is 0 Å². The number of morpholine rings is 1. The summed E-state index contributed by atoms with van der Waals surface area (Å²) in [7, 11) is 4.31. The highest BCUT2D eigenvalue weighted by atomic mass is 19.1. The Hall–Kier alpha value is -1.63. The summed E-state index contributed by atoms with van der Waals surface area (Å²) in [6.07, 6.45) is 11.6. The molecule has 10 nitrogen and oxygen atoms in total. The fourth-order valence-electron chi connectivity index (χ4n) is 11.1. The van der Waals surface area contributed by atoms with Crippen LogP contribution in [-0.2, 0) is 19.1 Å². The molecule has 3 aliphatic carbocycles. The molecule has 3 saturated carbocycles. The fraction of sp³-hybridized carbons (Fsp3) is 0.892. The van der Waals surface area contributed by atoms with Gasteiger partial charge >= 0.3 is 0 Å². The van der Waals surface area contributed by atoms with Crippen LogP contribution in [0.4, 0.5) is 4.39 Å². The Balaban J connectivity index is 1.00. The lowest BCUT2D eigenvalue weighted by Crippen LogP contribution is -2.73. The molecule has 0 aromatic heterocycles. The molecular weight excluding hydrogens is 611 g/mol. The highest BCUT2D eigenvalue weighted by Crippen LogP contribution is 2.52. The summed E-state index contributed by atoms with van der Waals surface area (Å²) in [5.74, 6) is -0.0653. The topological polar surface area (TPSA) is 89.6 Å². The summed E-state index contributed by atoms with van der Waals surface area (Å²) in [5.41, 5.74) is 0.198. The lowest BCUT2D eigenvalue weighted by Gasteiger charge is -2.60. The van der Waals surface area contributed by atoms with Gasteiger partial charge in [-0.25, -0.2) is 4.39 Å². The van der Waals surface area contributed by atoms with E-state index in [0.717, 1.165) is 84.3 Å². The first-order valence-electron chi connectivity index (χ1n) is 19.5. The van der Waals surface area contributed by atoms with E-state index in [4.69, 9.17) is 9.47 Å². The Morgan fingerprint density at radius 3 is 2.56 bits per heavy atom. The van der Waals surface area contributed by atoms with Crippen molar-refractivity contribution in [1.29, 1.82) is 0 Å². The second kappa shape index (κ2) is 14.2. The number of amides is 1. The van der Waals surface area contributed by atoms with Crippen molar-refractivity contribution in [3.05, 3.63) is 11.8 Å². The van der Waals surface area contributed by atoms with Gasteiger partial charge in [0.2, 0.25) is 0 Å². The number of halogens is 1. The maximum absolute atomic E-state index is 16.3. The lowest BCUT2D eigenvalue weighted by atomic mass is 9.67. The molecule has 12 atom stereocenters. The van der Waals surface area contributed by atoms with E-state index in [9.17, 15) is 9.59 Å². The molecule has 48 heavy (non-hydrogen) atoms. The van der Waals surface area contributed by atoms with Gasteiger partial charge in [0, 0.05) is 50.9 Å². The van der Waals surface area contributed by atoms with Crippen LogP contribution in [0.25, 0.3) is 0 Å². The number of likely N-dealkylation sites (tertiary alicyclic amines) is 1. The largest absolute Gasteiger partial charge is 0.374 e. The van der Waals surface area contributed by atoms with Gasteiger partial charge < -0.3 is 39.7 Å². The average molecular weight is 671 g/mol.